The van der Waals surface area contributed by atoms with Gasteiger partial charge in [-0.15, -0.1) is 0 Å². The zero-order valence-corrected chi connectivity index (χ0v) is 22.4. The molecule has 0 radical (unpaired) electrons. The van der Waals surface area contributed by atoms with E-state index in [-0.39, 0.29) is 18.5 Å². The molecule has 2 aromatic carbocycles. The molecule has 3 rings (SSSR count). The highest BCUT2D eigenvalue weighted by Gasteiger charge is 2.33. The minimum absolute atomic E-state index is 0.111. The van der Waals surface area contributed by atoms with Gasteiger partial charge in [0.15, 0.2) is 0 Å². The Balaban J connectivity index is 1.92. The van der Waals surface area contributed by atoms with E-state index in [1.807, 2.05) is 38.1 Å². The monoisotopic (exact) mass is 515 g/mol. The van der Waals surface area contributed by atoms with Crippen molar-refractivity contribution in [2.45, 2.75) is 64.6 Å². The van der Waals surface area contributed by atoms with Crippen molar-refractivity contribution in [1.82, 2.24) is 10.2 Å². The van der Waals surface area contributed by atoms with Gasteiger partial charge in [0.25, 0.3) is 0 Å². The van der Waals surface area contributed by atoms with E-state index in [1.54, 1.807) is 31.4 Å². The average molecular weight is 516 g/mol. The number of hydrogen-bond donors (Lipinski definition) is 1. The topological polar surface area (TPSA) is 96.0 Å². The van der Waals surface area contributed by atoms with Crippen LogP contribution in [0.1, 0.15) is 50.2 Å². The summed E-state index contributed by atoms with van der Waals surface area (Å²) in [6, 6.07) is 13.7. The molecule has 0 unspecified atom stereocenters. The van der Waals surface area contributed by atoms with Crippen molar-refractivity contribution in [3.63, 3.8) is 0 Å². The maximum atomic E-state index is 13.7. The molecule has 196 valence electrons. The minimum atomic E-state index is -3.75. The highest BCUT2D eigenvalue weighted by atomic mass is 32.2. The number of methoxy groups -OCH3 is 1. The summed E-state index contributed by atoms with van der Waals surface area (Å²) in [5.41, 5.74) is 2.17. The standard InChI is InChI=1S/C27H37N3O5S/c1-5-25(27(32)28-22-10-6-7-11-22)29(18-21-9-8-12-24(17-21)35-3)26(31)19-30(36(4,33)34)23-15-13-20(2)14-16-23/h8-9,12-17,22,25H,5-7,10-11,18-19H2,1-4H3,(H,28,32)/t25-/m1/s1. The number of nitrogens with one attached hydrogen (secondary N) is 1. The van der Waals surface area contributed by atoms with Crippen molar-refractivity contribution < 1.29 is 22.7 Å². The first-order valence-corrected chi connectivity index (χ1v) is 14.2. The van der Waals surface area contributed by atoms with Gasteiger partial charge in [-0.2, -0.15) is 0 Å². The Bertz CT molecular complexity index is 1140. The van der Waals surface area contributed by atoms with Crippen LogP contribution in [0.15, 0.2) is 48.5 Å². The molecule has 1 N–H and O–H groups in total. The van der Waals surface area contributed by atoms with E-state index in [9.17, 15) is 18.0 Å². The van der Waals surface area contributed by atoms with Crippen molar-refractivity contribution in [3.8, 4) is 5.75 Å². The van der Waals surface area contributed by atoms with Crippen molar-refractivity contribution >= 4 is 27.5 Å². The lowest BCUT2D eigenvalue weighted by atomic mass is 10.1. The van der Waals surface area contributed by atoms with Crippen molar-refractivity contribution in [2.75, 3.05) is 24.2 Å². The predicted molar refractivity (Wildman–Crippen MR) is 141 cm³/mol. The first kappa shape index (κ1) is 27.5. The average Bonchev–Trinajstić information content (AvgIpc) is 3.35. The van der Waals surface area contributed by atoms with E-state index in [4.69, 9.17) is 4.74 Å². The van der Waals surface area contributed by atoms with Crippen LogP contribution in [0.3, 0.4) is 0 Å². The van der Waals surface area contributed by atoms with Crippen LogP contribution in [0.25, 0.3) is 0 Å². The highest BCUT2D eigenvalue weighted by Crippen LogP contribution is 2.22. The van der Waals surface area contributed by atoms with Gasteiger partial charge < -0.3 is 15.0 Å². The number of nitrogens with zero attached hydrogens (tertiary/aromatic N) is 2. The third-order valence-electron chi connectivity index (χ3n) is 6.58. The van der Waals surface area contributed by atoms with Crippen molar-refractivity contribution in [3.05, 3.63) is 59.7 Å². The number of rotatable bonds is 11. The van der Waals surface area contributed by atoms with Crippen LogP contribution in [-0.4, -0.2) is 57.1 Å². The fraction of sp³-hybridized carbons (Fsp3) is 0.481. The number of benzene rings is 2. The molecule has 2 amide bonds. The second kappa shape index (κ2) is 12.3. The van der Waals surface area contributed by atoms with Crippen LogP contribution in [0.4, 0.5) is 5.69 Å². The zero-order chi connectivity index (χ0) is 26.3. The first-order valence-electron chi connectivity index (χ1n) is 12.4. The maximum absolute atomic E-state index is 13.7. The maximum Gasteiger partial charge on any atom is 0.244 e. The number of ether oxygens (including phenoxy) is 1. The highest BCUT2D eigenvalue weighted by molar-refractivity contribution is 7.92. The van der Waals surface area contributed by atoms with Crippen molar-refractivity contribution in [1.29, 1.82) is 0 Å². The molecule has 9 heteroatoms. The smallest absolute Gasteiger partial charge is 0.244 e. The molecule has 1 saturated carbocycles. The van der Waals surface area contributed by atoms with Crippen molar-refractivity contribution in [2.24, 2.45) is 0 Å². The minimum Gasteiger partial charge on any atom is -0.497 e. The van der Waals surface area contributed by atoms with Gasteiger partial charge in [-0.05, 0) is 56.0 Å². The van der Waals surface area contributed by atoms with Crippen LogP contribution >= 0.6 is 0 Å². The number of aryl methyl sites for hydroxylation is 1. The molecule has 2 aromatic rings. The van der Waals surface area contributed by atoms with Gasteiger partial charge in [0, 0.05) is 12.6 Å². The summed E-state index contributed by atoms with van der Waals surface area (Å²) in [7, 11) is -2.18. The van der Waals surface area contributed by atoms with E-state index in [0.717, 1.165) is 47.4 Å². The molecule has 0 spiro atoms. The van der Waals surface area contributed by atoms with Crippen LogP contribution < -0.4 is 14.4 Å². The Morgan fingerprint density at radius 2 is 1.78 bits per heavy atom. The Morgan fingerprint density at radius 3 is 2.36 bits per heavy atom. The van der Waals surface area contributed by atoms with Crippen LogP contribution in [0, 0.1) is 6.92 Å². The molecular formula is C27H37N3O5S. The van der Waals surface area contributed by atoms with Gasteiger partial charge in [-0.1, -0.05) is 49.6 Å². The molecule has 1 atom stereocenters. The van der Waals surface area contributed by atoms with E-state index in [2.05, 4.69) is 5.32 Å². The van der Waals surface area contributed by atoms with E-state index < -0.39 is 28.5 Å². The molecule has 36 heavy (non-hydrogen) atoms. The largest absolute Gasteiger partial charge is 0.497 e. The molecule has 1 fully saturated rings. The Hall–Kier alpha value is -3.07. The third kappa shape index (κ3) is 7.22. The third-order valence-corrected chi connectivity index (χ3v) is 7.72. The van der Waals surface area contributed by atoms with E-state index in [0.29, 0.717) is 17.9 Å². The summed E-state index contributed by atoms with van der Waals surface area (Å²) in [5.74, 6) is -0.0140. The zero-order valence-electron chi connectivity index (χ0n) is 21.6. The summed E-state index contributed by atoms with van der Waals surface area (Å²) < 4.78 is 31.8. The van der Waals surface area contributed by atoms with Gasteiger partial charge in [0.05, 0.1) is 19.1 Å². The molecule has 8 nitrogen and oxygen atoms in total. The Morgan fingerprint density at radius 1 is 1.11 bits per heavy atom. The van der Waals surface area contributed by atoms with Gasteiger partial charge >= 0.3 is 0 Å². The van der Waals surface area contributed by atoms with E-state index in [1.165, 1.54) is 4.90 Å². The summed E-state index contributed by atoms with van der Waals surface area (Å²) in [4.78, 5) is 28.6. The second-order valence-electron chi connectivity index (χ2n) is 9.39. The molecule has 0 aromatic heterocycles. The van der Waals surface area contributed by atoms with Gasteiger partial charge in [-0.25, -0.2) is 8.42 Å². The van der Waals surface area contributed by atoms with Crippen LogP contribution in [0.5, 0.6) is 5.75 Å². The second-order valence-corrected chi connectivity index (χ2v) is 11.3. The first-order chi connectivity index (χ1) is 17.1. The molecule has 0 bridgehead atoms. The molecule has 1 aliphatic rings. The number of hydrogen-bond acceptors (Lipinski definition) is 5. The number of anilines is 1. The lowest BCUT2D eigenvalue weighted by Crippen LogP contribution is -2.53. The number of carbonyl (C=O) groups is 2. The number of carbonyl (C=O) groups excluding carboxylic acids is 2. The number of amides is 2. The van der Waals surface area contributed by atoms with E-state index >= 15 is 0 Å². The Kier molecular flexibility index (Phi) is 9.37. The van der Waals surface area contributed by atoms with Gasteiger partial charge in [0.1, 0.15) is 18.3 Å². The number of sulfonamides is 1. The molecule has 0 saturated heterocycles. The predicted octanol–water partition coefficient (Wildman–Crippen LogP) is 3.64. The van der Waals surface area contributed by atoms with Crippen LogP contribution in [-0.2, 0) is 26.2 Å². The molecular weight excluding hydrogens is 478 g/mol. The summed E-state index contributed by atoms with van der Waals surface area (Å²) >= 11 is 0. The fourth-order valence-electron chi connectivity index (χ4n) is 4.58. The van der Waals surface area contributed by atoms with Gasteiger partial charge in [-0.3, -0.25) is 13.9 Å². The quantitative estimate of drug-likeness (QED) is 0.493. The fourth-order valence-corrected chi connectivity index (χ4v) is 5.43. The van der Waals surface area contributed by atoms with Crippen LogP contribution in [0.2, 0.25) is 0 Å². The normalized spacial score (nSPS) is 14.8. The lowest BCUT2D eigenvalue weighted by molar-refractivity contribution is -0.140. The SMILES string of the molecule is CC[C@H](C(=O)NC1CCCC1)N(Cc1cccc(OC)c1)C(=O)CN(c1ccc(C)cc1)S(C)(=O)=O. The molecule has 0 heterocycles. The van der Waals surface area contributed by atoms with Gasteiger partial charge in [0.2, 0.25) is 21.8 Å². The molecule has 0 aliphatic heterocycles. The summed E-state index contributed by atoms with van der Waals surface area (Å²) in [5, 5.41) is 3.11. The lowest BCUT2D eigenvalue weighted by Gasteiger charge is -2.33. The summed E-state index contributed by atoms with van der Waals surface area (Å²) in [6.07, 6.45) is 5.50. The summed E-state index contributed by atoms with van der Waals surface area (Å²) in [6.45, 7) is 3.51. The Labute approximate surface area is 214 Å². The molecule has 1 aliphatic carbocycles.